The minimum absolute atomic E-state index is 0.550. The minimum atomic E-state index is 0.550. The molecule has 14 heavy (non-hydrogen) atoms. The number of nitrogens with two attached hydrogens (primary N) is 1. The van der Waals surface area contributed by atoms with E-state index in [1.807, 2.05) is 12.1 Å². The minimum Gasteiger partial charge on any atom is -0.383 e. The molecule has 4 heteroatoms. The predicted molar refractivity (Wildman–Crippen MR) is 60.3 cm³/mol. The number of hydrogen-bond donors (Lipinski definition) is 1. The Morgan fingerprint density at radius 2 is 2.21 bits per heavy atom. The normalized spacial score (nSPS) is 10.6. The highest BCUT2D eigenvalue weighted by Crippen LogP contribution is 2.24. The van der Waals surface area contributed by atoms with Crippen molar-refractivity contribution in [2.45, 2.75) is 11.8 Å². The molecule has 0 unspecified atom stereocenters. The maximum Gasteiger partial charge on any atom is 0.134 e. The lowest BCUT2D eigenvalue weighted by atomic mass is 10.2. The second-order valence-electron chi connectivity index (χ2n) is 2.87. The first kappa shape index (κ1) is 9.27. The molecule has 0 atom stereocenters. The lowest BCUT2D eigenvalue weighted by Crippen LogP contribution is -1.92. The molecule has 1 heterocycles. The van der Waals surface area contributed by atoms with Gasteiger partial charge in [-0.1, -0.05) is 6.92 Å². The summed E-state index contributed by atoms with van der Waals surface area (Å²) in [6, 6.07) is 6.08. The van der Waals surface area contributed by atoms with Crippen molar-refractivity contribution in [3.05, 3.63) is 24.5 Å². The SMILES string of the molecule is CCSc1ccc2ncnc(N)c2c1. The molecule has 72 valence electrons. The van der Waals surface area contributed by atoms with Crippen LogP contribution in [0.15, 0.2) is 29.4 Å². The second kappa shape index (κ2) is 3.84. The highest BCUT2D eigenvalue weighted by molar-refractivity contribution is 7.99. The Hall–Kier alpha value is -1.29. The number of nitrogen functional groups attached to an aromatic ring is 1. The zero-order valence-electron chi connectivity index (χ0n) is 7.90. The first-order chi connectivity index (χ1) is 6.81. The van der Waals surface area contributed by atoms with Crippen molar-refractivity contribution in [3.63, 3.8) is 0 Å². The van der Waals surface area contributed by atoms with E-state index in [2.05, 4.69) is 23.0 Å². The van der Waals surface area contributed by atoms with Crippen molar-refractivity contribution < 1.29 is 0 Å². The number of hydrogen-bond acceptors (Lipinski definition) is 4. The molecule has 0 saturated carbocycles. The maximum absolute atomic E-state index is 5.76. The van der Waals surface area contributed by atoms with E-state index >= 15 is 0 Å². The number of nitrogens with zero attached hydrogens (tertiary/aromatic N) is 2. The van der Waals surface area contributed by atoms with E-state index in [0.717, 1.165) is 16.7 Å². The summed E-state index contributed by atoms with van der Waals surface area (Å²) in [5.41, 5.74) is 6.66. The molecule has 0 spiro atoms. The number of rotatable bonds is 2. The molecule has 0 saturated heterocycles. The third-order valence-corrected chi connectivity index (χ3v) is 2.82. The van der Waals surface area contributed by atoms with E-state index in [-0.39, 0.29) is 0 Å². The number of anilines is 1. The molecule has 0 fully saturated rings. The van der Waals surface area contributed by atoms with Crippen LogP contribution < -0.4 is 5.73 Å². The van der Waals surface area contributed by atoms with Gasteiger partial charge < -0.3 is 5.73 Å². The van der Waals surface area contributed by atoms with Crippen molar-refractivity contribution in [2.24, 2.45) is 0 Å². The molecule has 0 aliphatic rings. The Morgan fingerprint density at radius 1 is 1.36 bits per heavy atom. The predicted octanol–water partition coefficient (Wildman–Crippen LogP) is 2.32. The average Bonchev–Trinajstić information content (AvgIpc) is 2.20. The summed E-state index contributed by atoms with van der Waals surface area (Å²) in [7, 11) is 0. The van der Waals surface area contributed by atoms with Crippen LogP contribution in [-0.2, 0) is 0 Å². The molecule has 0 aliphatic carbocycles. The highest BCUT2D eigenvalue weighted by atomic mass is 32.2. The molecule has 0 bridgehead atoms. The van der Waals surface area contributed by atoms with E-state index in [0.29, 0.717) is 5.82 Å². The lowest BCUT2D eigenvalue weighted by Gasteiger charge is -2.02. The van der Waals surface area contributed by atoms with Gasteiger partial charge in [0.25, 0.3) is 0 Å². The van der Waals surface area contributed by atoms with Gasteiger partial charge in [-0.25, -0.2) is 9.97 Å². The fourth-order valence-corrected chi connectivity index (χ4v) is 2.01. The van der Waals surface area contributed by atoms with Crippen LogP contribution in [0, 0.1) is 0 Å². The summed E-state index contributed by atoms with van der Waals surface area (Å²) >= 11 is 1.79. The Labute approximate surface area is 86.7 Å². The van der Waals surface area contributed by atoms with Crippen LogP contribution in [-0.4, -0.2) is 15.7 Å². The fourth-order valence-electron chi connectivity index (χ4n) is 1.31. The van der Waals surface area contributed by atoms with Crippen LogP contribution >= 0.6 is 11.8 Å². The Morgan fingerprint density at radius 3 is 3.00 bits per heavy atom. The lowest BCUT2D eigenvalue weighted by molar-refractivity contribution is 1.22. The number of aromatic nitrogens is 2. The van der Waals surface area contributed by atoms with Crippen LogP contribution in [0.3, 0.4) is 0 Å². The van der Waals surface area contributed by atoms with Crippen molar-refractivity contribution in [3.8, 4) is 0 Å². The van der Waals surface area contributed by atoms with Crippen LogP contribution in [0.5, 0.6) is 0 Å². The van der Waals surface area contributed by atoms with Crippen molar-refractivity contribution in [1.29, 1.82) is 0 Å². The summed E-state index contributed by atoms with van der Waals surface area (Å²) in [6.07, 6.45) is 1.49. The van der Waals surface area contributed by atoms with Gasteiger partial charge in [-0.3, -0.25) is 0 Å². The smallest absolute Gasteiger partial charge is 0.134 e. The Bertz CT molecular complexity index is 456. The third-order valence-electron chi connectivity index (χ3n) is 1.95. The van der Waals surface area contributed by atoms with Gasteiger partial charge in [0.05, 0.1) is 5.52 Å². The van der Waals surface area contributed by atoms with Gasteiger partial charge in [0.2, 0.25) is 0 Å². The molecule has 0 amide bonds. The van der Waals surface area contributed by atoms with E-state index in [1.165, 1.54) is 11.2 Å². The van der Waals surface area contributed by atoms with Crippen LogP contribution in [0.2, 0.25) is 0 Å². The maximum atomic E-state index is 5.76. The van der Waals surface area contributed by atoms with Crippen LogP contribution in [0.25, 0.3) is 10.9 Å². The van der Waals surface area contributed by atoms with Gasteiger partial charge in [-0.05, 0) is 24.0 Å². The van der Waals surface area contributed by atoms with Gasteiger partial charge in [0.1, 0.15) is 12.1 Å². The largest absolute Gasteiger partial charge is 0.383 e. The van der Waals surface area contributed by atoms with E-state index in [9.17, 15) is 0 Å². The molecule has 1 aromatic carbocycles. The molecule has 2 rings (SSSR count). The summed E-state index contributed by atoms with van der Waals surface area (Å²) in [5, 5.41) is 0.936. The monoisotopic (exact) mass is 205 g/mol. The molecule has 0 radical (unpaired) electrons. The van der Waals surface area contributed by atoms with Gasteiger partial charge in [0.15, 0.2) is 0 Å². The number of thioether (sulfide) groups is 1. The Kier molecular flexibility index (Phi) is 2.54. The average molecular weight is 205 g/mol. The molecule has 1 aromatic heterocycles. The fraction of sp³-hybridized carbons (Fsp3) is 0.200. The molecule has 0 aliphatic heterocycles. The topological polar surface area (TPSA) is 51.8 Å². The number of benzene rings is 1. The van der Waals surface area contributed by atoms with E-state index < -0.39 is 0 Å². The van der Waals surface area contributed by atoms with Gasteiger partial charge >= 0.3 is 0 Å². The first-order valence-corrected chi connectivity index (χ1v) is 5.43. The molecular weight excluding hydrogens is 194 g/mol. The third kappa shape index (κ3) is 1.65. The molecule has 2 N–H and O–H groups in total. The van der Waals surface area contributed by atoms with Crippen molar-refractivity contribution in [2.75, 3.05) is 11.5 Å². The molecule has 3 nitrogen and oxygen atoms in total. The van der Waals surface area contributed by atoms with E-state index in [1.54, 1.807) is 11.8 Å². The summed E-state index contributed by atoms with van der Waals surface area (Å²) in [4.78, 5) is 9.32. The van der Waals surface area contributed by atoms with Gasteiger partial charge in [-0.2, -0.15) is 0 Å². The van der Waals surface area contributed by atoms with Crippen LogP contribution in [0.4, 0.5) is 5.82 Å². The van der Waals surface area contributed by atoms with Gasteiger partial charge in [-0.15, -0.1) is 11.8 Å². The zero-order chi connectivity index (χ0) is 9.97. The summed E-state index contributed by atoms with van der Waals surface area (Å²) < 4.78 is 0. The van der Waals surface area contributed by atoms with E-state index in [4.69, 9.17) is 5.73 Å². The second-order valence-corrected chi connectivity index (χ2v) is 4.21. The molecule has 2 aromatic rings. The quantitative estimate of drug-likeness (QED) is 0.764. The van der Waals surface area contributed by atoms with Crippen molar-refractivity contribution >= 4 is 28.5 Å². The zero-order valence-corrected chi connectivity index (χ0v) is 8.71. The van der Waals surface area contributed by atoms with Gasteiger partial charge in [0, 0.05) is 10.3 Å². The standard InChI is InChI=1S/C10H11N3S/c1-2-14-7-3-4-9-8(5-7)10(11)13-6-12-9/h3-6H,2H2,1H3,(H2,11,12,13). The highest BCUT2D eigenvalue weighted by Gasteiger charge is 2.01. The van der Waals surface area contributed by atoms with Crippen molar-refractivity contribution in [1.82, 2.24) is 9.97 Å². The molecular formula is C10H11N3S. The van der Waals surface area contributed by atoms with Crippen LogP contribution in [0.1, 0.15) is 6.92 Å². The summed E-state index contributed by atoms with van der Waals surface area (Å²) in [5.74, 6) is 1.60. The number of fused-ring (bicyclic) bond motifs is 1. The first-order valence-electron chi connectivity index (χ1n) is 4.44. The Balaban J connectivity index is 2.58. The summed E-state index contributed by atoms with van der Waals surface area (Å²) in [6.45, 7) is 2.12.